The van der Waals surface area contributed by atoms with Crippen LogP contribution in [0.3, 0.4) is 0 Å². The van der Waals surface area contributed by atoms with E-state index in [0.29, 0.717) is 25.1 Å². The van der Waals surface area contributed by atoms with Crippen molar-refractivity contribution in [2.75, 3.05) is 26.7 Å². The maximum absolute atomic E-state index is 13.1. The third-order valence-electron chi connectivity index (χ3n) is 6.24. The highest BCUT2D eigenvalue weighted by molar-refractivity contribution is 7.89. The molecule has 1 aliphatic carbocycles. The Morgan fingerprint density at radius 2 is 1.53 bits per heavy atom. The fourth-order valence-electron chi connectivity index (χ4n) is 4.53. The van der Waals surface area contributed by atoms with E-state index in [0.717, 1.165) is 0 Å². The molecule has 4 rings (SSSR count). The second-order valence-corrected chi connectivity index (χ2v) is 10.9. The van der Waals surface area contributed by atoms with Gasteiger partial charge in [0.25, 0.3) is 0 Å². The molecule has 34 heavy (non-hydrogen) atoms. The van der Waals surface area contributed by atoms with Crippen LogP contribution in [0.5, 0.6) is 0 Å². The van der Waals surface area contributed by atoms with Crippen molar-refractivity contribution < 1.29 is 27.5 Å². The van der Waals surface area contributed by atoms with E-state index in [1.807, 2.05) is 13.8 Å². The average molecular weight is 485 g/mol. The summed E-state index contributed by atoms with van der Waals surface area (Å²) in [6.07, 6.45) is 0.542. The molecule has 0 radical (unpaired) electrons. The standard InChI is InChI=1S/C25H28N2O6S/c1-16-14-27(15-17(2)33-16)23(28)9-6-12-26(3)34(31,32)18-10-11-21-22(13-18)25(30)20-8-5-4-7-19(20)24(21)29/h4-5,7-8,10-11,13,16-17H,6,9,12,14-15H2,1-3H3/t16-,17-/m0/s1. The van der Waals surface area contributed by atoms with Crippen LogP contribution in [0.1, 0.15) is 58.5 Å². The quantitative estimate of drug-likeness (QED) is 0.533. The fraction of sp³-hybridized carbons (Fsp3) is 0.400. The first-order valence-corrected chi connectivity index (χ1v) is 12.8. The zero-order valence-corrected chi connectivity index (χ0v) is 20.3. The zero-order valence-electron chi connectivity index (χ0n) is 19.5. The number of carbonyl (C=O) groups excluding carboxylic acids is 3. The molecule has 1 heterocycles. The Hall–Kier alpha value is -2.88. The summed E-state index contributed by atoms with van der Waals surface area (Å²) in [4.78, 5) is 40.0. The lowest BCUT2D eigenvalue weighted by molar-refractivity contribution is -0.143. The lowest BCUT2D eigenvalue weighted by Crippen LogP contribution is -2.48. The first-order valence-electron chi connectivity index (χ1n) is 11.3. The summed E-state index contributed by atoms with van der Waals surface area (Å²) >= 11 is 0. The van der Waals surface area contributed by atoms with E-state index >= 15 is 0 Å². The Labute approximate surface area is 199 Å². The van der Waals surface area contributed by atoms with Gasteiger partial charge in [0.05, 0.1) is 17.1 Å². The molecule has 2 aromatic carbocycles. The molecule has 0 N–H and O–H groups in total. The molecule has 0 unspecified atom stereocenters. The highest BCUT2D eigenvalue weighted by Crippen LogP contribution is 2.29. The molecule has 0 saturated carbocycles. The minimum Gasteiger partial charge on any atom is -0.372 e. The second kappa shape index (κ2) is 9.40. The summed E-state index contributed by atoms with van der Waals surface area (Å²) in [7, 11) is -2.46. The second-order valence-electron chi connectivity index (χ2n) is 8.90. The minimum atomic E-state index is -3.91. The number of ketones is 2. The van der Waals surface area contributed by atoms with Crippen LogP contribution in [-0.2, 0) is 19.6 Å². The van der Waals surface area contributed by atoms with Crippen LogP contribution in [-0.4, -0.2) is 74.0 Å². The van der Waals surface area contributed by atoms with Crippen molar-refractivity contribution in [1.82, 2.24) is 9.21 Å². The third kappa shape index (κ3) is 4.55. The van der Waals surface area contributed by atoms with Crippen LogP contribution in [0.25, 0.3) is 0 Å². The number of sulfonamides is 1. The molecule has 2 atom stereocenters. The Morgan fingerprint density at radius 1 is 0.971 bits per heavy atom. The van der Waals surface area contributed by atoms with Gasteiger partial charge in [-0.15, -0.1) is 0 Å². The lowest BCUT2D eigenvalue weighted by Gasteiger charge is -2.35. The van der Waals surface area contributed by atoms with Gasteiger partial charge in [0, 0.05) is 55.4 Å². The Morgan fingerprint density at radius 3 is 2.15 bits per heavy atom. The molecule has 180 valence electrons. The number of nitrogens with zero attached hydrogens (tertiary/aromatic N) is 2. The van der Waals surface area contributed by atoms with Gasteiger partial charge in [-0.2, -0.15) is 0 Å². The van der Waals surface area contributed by atoms with Crippen LogP contribution in [0.2, 0.25) is 0 Å². The number of rotatable bonds is 6. The Balaban J connectivity index is 1.44. The van der Waals surface area contributed by atoms with Gasteiger partial charge in [-0.05, 0) is 38.5 Å². The number of amides is 1. The highest BCUT2D eigenvalue weighted by Gasteiger charge is 2.32. The van der Waals surface area contributed by atoms with Gasteiger partial charge < -0.3 is 9.64 Å². The first-order chi connectivity index (χ1) is 16.1. The van der Waals surface area contributed by atoms with Crippen molar-refractivity contribution in [2.24, 2.45) is 0 Å². The van der Waals surface area contributed by atoms with Crippen molar-refractivity contribution >= 4 is 27.5 Å². The monoisotopic (exact) mass is 484 g/mol. The molecule has 8 nitrogen and oxygen atoms in total. The van der Waals surface area contributed by atoms with Crippen LogP contribution in [0.15, 0.2) is 47.4 Å². The van der Waals surface area contributed by atoms with E-state index in [1.165, 1.54) is 29.6 Å². The van der Waals surface area contributed by atoms with Crippen molar-refractivity contribution in [3.63, 3.8) is 0 Å². The normalized spacial score (nSPS) is 20.3. The van der Waals surface area contributed by atoms with E-state index in [4.69, 9.17) is 4.74 Å². The van der Waals surface area contributed by atoms with Crippen LogP contribution in [0.4, 0.5) is 0 Å². The number of morpholine rings is 1. The molecule has 0 spiro atoms. The molecule has 1 saturated heterocycles. The van der Waals surface area contributed by atoms with Gasteiger partial charge in [-0.3, -0.25) is 14.4 Å². The van der Waals surface area contributed by atoms with Crippen molar-refractivity contribution in [2.45, 2.75) is 43.8 Å². The minimum absolute atomic E-state index is 0.0237. The summed E-state index contributed by atoms with van der Waals surface area (Å²) in [5.74, 6) is -0.693. The van der Waals surface area contributed by atoms with E-state index < -0.39 is 10.0 Å². The lowest BCUT2D eigenvalue weighted by atomic mass is 9.84. The third-order valence-corrected chi connectivity index (χ3v) is 8.09. The zero-order chi connectivity index (χ0) is 24.6. The summed E-state index contributed by atoms with van der Waals surface area (Å²) in [5.41, 5.74) is 0.878. The Bertz CT molecular complexity index is 1250. The average Bonchev–Trinajstić information content (AvgIpc) is 2.81. The number of ether oxygens (including phenoxy) is 1. The van der Waals surface area contributed by atoms with E-state index in [9.17, 15) is 22.8 Å². The summed E-state index contributed by atoms with van der Waals surface area (Å²) in [5, 5.41) is 0. The predicted octanol–water partition coefficient (Wildman–Crippen LogP) is 2.50. The number of fused-ring (bicyclic) bond motifs is 2. The summed E-state index contributed by atoms with van der Waals surface area (Å²) in [6, 6.07) is 10.5. The maximum atomic E-state index is 13.1. The molecule has 2 aliphatic rings. The van der Waals surface area contributed by atoms with Crippen LogP contribution < -0.4 is 0 Å². The van der Waals surface area contributed by atoms with Crippen molar-refractivity contribution in [3.8, 4) is 0 Å². The molecular formula is C25H28N2O6S. The fourth-order valence-corrected chi connectivity index (χ4v) is 5.77. The van der Waals surface area contributed by atoms with E-state index in [-0.39, 0.29) is 64.2 Å². The van der Waals surface area contributed by atoms with Gasteiger partial charge in [-0.25, -0.2) is 12.7 Å². The predicted molar refractivity (Wildman–Crippen MR) is 125 cm³/mol. The summed E-state index contributed by atoms with van der Waals surface area (Å²) in [6.45, 7) is 5.05. The smallest absolute Gasteiger partial charge is 0.242 e. The largest absolute Gasteiger partial charge is 0.372 e. The van der Waals surface area contributed by atoms with Gasteiger partial charge in [0.1, 0.15) is 0 Å². The molecular weight excluding hydrogens is 456 g/mol. The number of hydrogen-bond donors (Lipinski definition) is 0. The molecule has 1 amide bonds. The molecule has 2 aromatic rings. The topological polar surface area (TPSA) is 101 Å². The van der Waals surface area contributed by atoms with Crippen molar-refractivity contribution in [3.05, 3.63) is 64.7 Å². The number of hydrogen-bond acceptors (Lipinski definition) is 6. The van der Waals surface area contributed by atoms with Gasteiger partial charge in [-0.1, -0.05) is 24.3 Å². The molecule has 0 aromatic heterocycles. The molecule has 9 heteroatoms. The van der Waals surface area contributed by atoms with Crippen LogP contribution >= 0.6 is 0 Å². The van der Waals surface area contributed by atoms with Gasteiger partial charge >= 0.3 is 0 Å². The van der Waals surface area contributed by atoms with E-state index in [2.05, 4.69) is 0 Å². The van der Waals surface area contributed by atoms with Gasteiger partial charge in [0.2, 0.25) is 15.9 Å². The highest BCUT2D eigenvalue weighted by atomic mass is 32.2. The van der Waals surface area contributed by atoms with Crippen LogP contribution in [0, 0.1) is 0 Å². The molecule has 1 aliphatic heterocycles. The van der Waals surface area contributed by atoms with E-state index in [1.54, 1.807) is 29.2 Å². The number of carbonyl (C=O) groups is 3. The maximum Gasteiger partial charge on any atom is 0.242 e. The first kappa shape index (κ1) is 24.3. The van der Waals surface area contributed by atoms with Crippen molar-refractivity contribution in [1.29, 1.82) is 0 Å². The molecule has 1 fully saturated rings. The van der Waals surface area contributed by atoms with Gasteiger partial charge in [0.15, 0.2) is 11.6 Å². The Kier molecular flexibility index (Phi) is 6.71. The molecule has 0 bridgehead atoms. The summed E-state index contributed by atoms with van der Waals surface area (Å²) < 4.78 is 33.1. The SMILES string of the molecule is C[C@H]1CN(C(=O)CCCN(C)S(=O)(=O)c2ccc3c(c2)C(=O)c2ccccc2C3=O)C[C@H](C)O1. The number of benzene rings is 2.